The Labute approximate surface area is 177 Å². The van der Waals surface area contributed by atoms with Crippen LogP contribution in [0.15, 0.2) is 59.5 Å². The maximum Gasteiger partial charge on any atom is 0.240 e. The van der Waals surface area contributed by atoms with Crippen LogP contribution in [0, 0.1) is 11.7 Å². The van der Waals surface area contributed by atoms with E-state index in [4.69, 9.17) is 0 Å². The molecule has 0 aromatic heterocycles. The first-order chi connectivity index (χ1) is 13.2. The molecule has 1 fully saturated rings. The molecule has 0 spiro atoms. The summed E-state index contributed by atoms with van der Waals surface area (Å²) in [4.78, 5) is 15.8. The van der Waals surface area contributed by atoms with Crippen molar-refractivity contribution in [3.63, 3.8) is 0 Å². The van der Waals surface area contributed by atoms with Crippen LogP contribution in [0.4, 0.5) is 4.39 Å². The first kappa shape index (κ1) is 22.7. The molecule has 0 aliphatic carbocycles. The summed E-state index contributed by atoms with van der Waals surface area (Å²) in [6.07, 6.45) is 2.04. The van der Waals surface area contributed by atoms with Gasteiger partial charge in [-0.1, -0.05) is 49.4 Å². The fraction of sp³-hybridized carbons (Fsp3) is 0.409. The highest BCUT2D eigenvalue weighted by Crippen LogP contribution is 2.38. The van der Waals surface area contributed by atoms with Gasteiger partial charge in [-0.15, -0.1) is 24.2 Å². The molecule has 0 bridgehead atoms. The number of rotatable bonds is 7. The standard InChI is InChI=1S/C22H27FN2OS.ClH/c1-2-24-16-17-12-14-25(15-13-17)22(26)21(18-8-4-3-5-9-18)27-20-11-7-6-10-19(20)23;/h3-11,17,21,24H,2,12-16H2,1H3;1H. The van der Waals surface area contributed by atoms with Crippen molar-refractivity contribution in [2.75, 3.05) is 26.2 Å². The lowest BCUT2D eigenvalue weighted by atomic mass is 9.96. The number of benzene rings is 2. The zero-order valence-electron chi connectivity index (χ0n) is 16.1. The third-order valence-corrected chi connectivity index (χ3v) is 6.31. The Morgan fingerprint density at radius 2 is 1.79 bits per heavy atom. The molecule has 6 heteroatoms. The summed E-state index contributed by atoms with van der Waals surface area (Å²) in [7, 11) is 0. The smallest absolute Gasteiger partial charge is 0.240 e. The molecule has 1 atom stereocenters. The zero-order chi connectivity index (χ0) is 19.1. The van der Waals surface area contributed by atoms with E-state index in [1.54, 1.807) is 12.1 Å². The normalized spacial score (nSPS) is 15.7. The van der Waals surface area contributed by atoms with Gasteiger partial charge >= 0.3 is 0 Å². The van der Waals surface area contributed by atoms with E-state index in [0.29, 0.717) is 10.8 Å². The Kier molecular flexibility index (Phi) is 9.29. The molecular weight excluding hydrogens is 395 g/mol. The minimum atomic E-state index is -0.423. The third-order valence-electron chi connectivity index (χ3n) is 5.02. The van der Waals surface area contributed by atoms with Gasteiger partial charge in [-0.2, -0.15) is 0 Å². The van der Waals surface area contributed by atoms with Gasteiger partial charge in [0.1, 0.15) is 11.1 Å². The number of thioether (sulfide) groups is 1. The number of piperidine rings is 1. The van der Waals surface area contributed by atoms with Crippen molar-refractivity contribution in [1.82, 2.24) is 10.2 Å². The number of nitrogens with zero attached hydrogens (tertiary/aromatic N) is 1. The predicted octanol–water partition coefficient (Wildman–Crippen LogP) is 4.93. The molecule has 2 aromatic carbocycles. The highest BCUT2D eigenvalue weighted by atomic mass is 35.5. The zero-order valence-corrected chi connectivity index (χ0v) is 17.8. The molecule has 1 heterocycles. The van der Waals surface area contributed by atoms with Crippen LogP contribution >= 0.6 is 24.2 Å². The SMILES string of the molecule is CCNCC1CCN(C(=O)C(Sc2ccccc2F)c2ccccc2)CC1.Cl. The van der Waals surface area contributed by atoms with Gasteiger partial charge in [-0.3, -0.25) is 4.79 Å². The molecule has 152 valence electrons. The lowest BCUT2D eigenvalue weighted by molar-refractivity contribution is -0.132. The van der Waals surface area contributed by atoms with Crippen LogP contribution in [0.2, 0.25) is 0 Å². The van der Waals surface area contributed by atoms with Crippen LogP contribution in [-0.2, 0) is 4.79 Å². The number of halogens is 2. The summed E-state index contributed by atoms with van der Waals surface area (Å²) in [6.45, 7) is 5.66. The molecule has 1 aliphatic heterocycles. The van der Waals surface area contributed by atoms with E-state index in [1.165, 1.54) is 17.8 Å². The minimum Gasteiger partial charge on any atom is -0.341 e. The predicted molar refractivity (Wildman–Crippen MR) is 117 cm³/mol. The molecule has 1 amide bonds. The van der Waals surface area contributed by atoms with Crippen LogP contribution < -0.4 is 5.32 Å². The number of carbonyl (C=O) groups is 1. The van der Waals surface area contributed by atoms with Gasteiger partial charge in [-0.05, 0) is 49.5 Å². The molecule has 2 aromatic rings. The average molecular weight is 423 g/mol. The lowest BCUT2D eigenvalue weighted by Crippen LogP contribution is -2.42. The van der Waals surface area contributed by atoms with Crippen LogP contribution in [0.5, 0.6) is 0 Å². The second kappa shape index (κ2) is 11.4. The van der Waals surface area contributed by atoms with Crippen LogP contribution in [0.1, 0.15) is 30.6 Å². The number of likely N-dealkylation sites (tertiary alicyclic amines) is 1. The Morgan fingerprint density at radius 3 is 2.43 bits per heavy atom. The maximum absolute atomic E-state index is 14.2. The van der Waals surface area contributed by atoms with Crippen molar-refractivity contribution < 1.29 is 9.18 Å². The van der Waals surface area contributed by atoms with Crippen molar-refractivity contribution in [2.24, 2.45) is 5.92 Å². The number of hydrogen-bond donors (Lipinski definition) is 1. The second-order valence-electron chi connectivity index (χ2n) is 6.92. The van der Waals surface area contributed by atoms with Gasteiger partial charge in [0.25, 0.3) is 0 Å². The van der Waals surface area contributed by atoms with E-state index in [1.807, 2.05) is 41.3 Å². The van der Waals surface area contributed by atoms with Crippen molar-refractivity contribution in [3.8, 4) is 0 Å². The quantitative estimate of drug-likeness (QED) is 0.642. The van der Waals surface area contributed by atoms with E-state index < -0.39 is 5.25 Å². The summed E-state index contributed by atoms with van der Waals surface area (Å²) in [5.41, 5.74) is 0.922. The third kappa shape index (κ3) is 5.97. The van der Waals surface area contributed by atoms with Crippen molar-refractivity contribution >= 4 is 30.1 Å². The molecule has 1 saturated heterocycles. The fourth-order valence-corrected chi connectivity index (χ4v) is 4.56. The van der Waals surface area contributed by atoms with E-state index in [0.717, 1.165) is 44.6 Å². The van der Waals surface area contributed by atoms with Crippen LogP contribution in [0.25, 0.3) is 0 Å². The molecule has 3 nitrogen and oxygen atoms in total. The number of hydrogen-bond acceptors (Lipinski definition) is 3. The molecule has 0 saturated carbocycles. The summed E-state index contributed by atoms with van der Waals surface area (Å²) in [6, 6.07) is 16.4. The van der Waals surface area contributed by atoms with Crippen molar-refractivity contribution in [3.05, 3.63) is 66.0 Å². The lowest BCUT2D eigenvalue weighted by Gasteiger charge is -2.34. The van der Waals surface area contributed by atoms with E-state index >= 15 is 0 Å². The Balaban J connectivity index is 0.00000280. The molecule has 1 N–H and O–H groups in total. The van der Waals surface area contributed by atoms with Gasteiger partial charge in [0.2, 0.25) is 5.91 Å². The summed E-state index contributed by atoms with van der Waals surface area (Å²) >= 11 is 1.31. The van der Waals surface area contributed by atoms with E-state index in [2.05, 4.69) is 12.2 Å². The van der Waals surface area contributed by atoms with Gasteiger partial charge < -0.3 is 10.2 Å². The monoisotopic (exact) mass is 422 g/mol. The van der Waals surface area contributed by atoms with Gasteiger partial charge in [0, 0.05) is 18.0 Å². The average Bonchev–Trinajstić information content (AvgIpc) is 2.72. The number of amides is 1. The molecule has 0 radical (unpaired) electrons. The second-order valence-corrected chi connectivity index (χ2v) is 8.06. The molecular formula is C22H28ClFN2OS. The van der Waals surface area contributed by atoms with Gasteiger partial charge in [-0.25, -0.2) is 4.39 Å². The highest BCUT2D eigenvalue weighted by molar-refractivity contribution is 8.00. The molecule has 28 heavy (non-hydrogen) atoms. The van der Waals surface area contributed by atoms with Crippen molar-refractivity contribution in [2.45, 2.75) is 29.9 Å². The highest BCUT2D eigenvalue weighted by Gasteiger charge is 2.30. The Hall–Kier alpha value is -1.56. The Bertz CT molecular complexity index is 738. The number of carbonyl (C=O) groups excluding carboxylic acids is 1. The van der Waals surface area contributed by atoms with Crippen LogP contribution in [0.3, 0.4) is 0 Å². The fourth-order valence-electron chi connectivity index (χ4n) is 3.43. The van der Waals surface area contributed by atoms with E-state index in [9.17, 15) is 9.18 Å². The topological polar surface area (TPSA) is 32.3 Å². The first-order valence-electron chi connectivity index (χ1n) is 9.64. The summed E-state index contributed by atoms with van der Waals surface area (Å²) in [5.74, 6) is 0.431. The summed E-state index contributed by atoms with van der Waals surface area (Å²) in [5, 5.41) is 2.98. The molecule has 3 rings (SSSR count). The molecule has 1 aliphatic rings. The van der Waals surface area contributed by atoms with Gasteiger partial charge in [0.15, 0.2) is 0 Å². The summed E-state index contributed by atoms with van der Waals surface area (Å²) < 4.78 is 14.2. The minimum absolute atomic E-state index is 0. The molecule has 1 unspecified atom stereocenters. The largest absolute Gasteiger partial charge is 0.341 e. The van der Waals surface area contributed by atoms with Crippen LogP contribution in [-0.4, -0.2) is 37.0 Å². The van der Waals surface area contributed by atoms with Crippen molar-refractivity contribution in [1.29, 1.82) is 0 Å². The first-order valence-corrected chi connectivity index (χ1v) is 10.5. The number of nitrogens with one attached hydrogen (secondary N) is 1. The maximum atomic E-state index is 14.2. The van der Waals surface area contributed by atoms with Gasteiger partial charge in [0.05, 0.1) is 0 Å². The van der Waals surface area contributed by atoms with E-state index in [-0.39, 0.29) is 24.1 Å². The Morgan fingerprint density at radius 1 is 1.14 bits per heavy atom.